The standard InChI is InChI=1S/C37H67N3O12/c1-11-37(23-48-18-29(9)39-15-32(42)21-51-35(45)26(4)5,24-49-19-30(10)40-16-33(43)22-52-36(46)27(6)7)12-13-47-17-28(8)38-14-31(41)20-50-34(44)25(2)3/h28-33,38-43H,2,4,6,11-24H2,1,3,5,7-10H3. The SMILES string of the molecule is C=C(C)C(=O)OCC(O)CNC(C)COCCC(CC)(COCC(C)NCC(O)COC(=O)C(=C)C)COCC(C)NCC(O)COC(=O)C(=C)C. The van der Waals surface area contributed by atoms with Gasteiger partial charge in [0, 0.05) is 66.5 Å². The van der Waals surface area contributed by atoms with Crippen LogP contribution in [0, 0.1) is 5.41 Å². The summed E-state index contributed by atoms with van der Waals surface area (Å²) in [6.07, 6.45) is -1.26. The number of carbonyl (C=O) groups excluding carboxylic acids is 3. The predicted molar refractivity (Wildman–Crippen MR) is 198 cm³/mol. The Balaban J connectivity index is 5.00. The molecule has 0 aromatic rings. The average molecular weight is 746 g/mol. The zero-order valence-corrected chi connectivity index (χ0v) is 32.5. The molecule has 0 radical (unpaired) electrons. The number of hydrogen-bond acceptors (Lipinski definition) is 15. The molecule has 0 bridgehead atoms. The smallest absolute Gasteiger partial charge is 0.333 e. The molecule has 0 heterocycles. The number of aliphatic hydroxyl groups is 3. The molecule has 0 aliphatic carbocycles. The Morgan fingerprint density at radius 3 is 1.17 bits per heavy atom. The fourth-order valence-corrected chi connectivity index (χ4v) is 4.27. The number of hydrogen-bond donors (Lipinski definition) is 6. The zero-order valence-electron chi connectivity index (χ0n) is 32.5. The Hall–Kier alpha value is -2.73. The van der Waals surface area contributed by atoms with E-state index in [0.717, 1.165) is 6.42 Å². The molecule has 52 heavy (non-hydrogen) atoms. The number of carbonyl (C=O) groups is 3. The Bertz CT molecular complexity index is 1040. The predicted octanol–water partition coefficient (Wildman–Crippen LogP) is 1.20. The van der Waals surface area contributed by atoms with E-state index in [1.165, 1.54) is 0 Å². The van der Waals surface area contributed by atoms with Gasteiger partial charge in [0.1, 0.15) is 38.1 Å². The van der Waals surface area contributed by atoms with Gasteiger partial charge in [-0.05, 0) is 54.4 Å². The van der Waals surface area contributed by atoms with Gasteiger partial charge in [0.25, 0.3) is 0 Å². The monoisotopic (exact) mass is 745 g/mol. The van der Waals surface area contributed by atoms with Gasteiger partial charge in [0.05, 0.1) is 33.0 Å². The number of aliphatic hydroxyl groups excluding tert-OH is 3. The van der Waals surface area contributed by atoms with E-state index in [9.17, 15) is 29.7 Å². The molecule has 0 fully saturated rings. The third kappa shape index (κ3) is 24.5. The maximum atomic E-state index is 11.6. The van der Waals surface area contributed by atoms with E-state index in [1.807, 2.05) is 20.8 Å². The van der Waals surface area contributed by atoms with Gasteiger partial charge < -0.3 is 59.7 Å². The lowest BCUT2D eigenvalue weighted by molar-refractivity contribution is -0.142. The van der Waals surface area contributed by atoms with Crippen LogP contribution in [0.5, 0.6) is 0 Å². The second kappa shape index (κ2) is 27.8. The highest BCUT2D eigenvalue weighted by molar-refractivity contribution is 5.87. The van der Waals surface area contributed by atoms with Crippen LogP contribution in [-0.4, -0.2) is 149 Å². The van der Waals surface area contributed by atoms with Crippen LogP contribution in [0.3, 0.4) is 0 Å². The van der Waals surface area contributed by atoms with Gasteiger partial charge in [-0.2, -0.15) is 0 Å². The molecule has 15 nitrogen and oxygen atoms in total. The van der Waals surface area contributed by atoms with Crippen molar-refractivity contribution in [3.63, 3.8) is 0 Å². The Kier molecular flexibility index (Phi) is 26.4. The summed E-state index contributed by atoms with van der Waals surface area (Å²) < 4.78 is 33.3. The molecule has 0 aromatic carbocycles. The van der Waals surface area contributed by atoms with Gasteiger partial charge in [-0.15, -0.1) is 0 Å². The molecule has 0 saturated carbocycles. The van der Waals surface area contributed by atoms with Gasteiger partial charge in [0.2, 0.25) is 0 Å². The van der Waals surface area contributed by atoms with Crippen LogP contribution in [0.15, 0.2) is 36.5 Å². The lowest BCUT2D eigenvalue weighted by atomic mass is 9.83. The van der Waals surface area contributed by atoms with Gasteiger partial charge in [0.15, 0.2) is 0 Å². The van der Waals surface area contributed by atoms with Crippen LogP contribution in [0.1, 0.15) is 61.3 Å². The van der Waals surface area contributed by atoms with Crippen molar-refractivity contribution in [3.05, 3.63) is 36.5 Å². The van der Waals surface area contributed by atoms with Crippen molar-refractivity contribution < 1.29 is 58.1 Å². The van der Waals surface area contributed by atoms with E-state index < -0.39 is 36.2 Å². The summed E-state index contributed by atoms with van der Waals surface area (Å²) in [6.45, 7) is 25.6. The van der Waals surface area contributed by atoms with Crippen molar-refractivity contribution in [1.29, 1.82) is 0 Å². The van der Waals surface area contributed by atoms with Crippen molar-refractivity contribution >= 4 is 17.9 Å². The van der Waals surface area contributed by atoms with E-state index in [1.54, 1.807) is 20.8 Å². The molecule has 0 aromatic heterocycles. The summed E-state index contributed by atoms with van der Waals surface area (Å²) >= 11 is 0. The van der Waals surface area contributed by atoms with Crippen LogP contribution in [0.4, 0.5) is 0 Å². The topological polar surface area (TPSA) is 203 Å². The van der Waals surface area contributed by atoms with Crippen molar-refractivity contribution in [3.8, 4) is 0 Å². The third-order valence-electron chi connectivity index (χ3n) is 7.82. The van der Waals surface area contributed by atoms with Crippen LogP contribution in [-0.2, 0) is 42.8 Å². The summed E-state index contributed by atoms with van der Waals surface area (Å²) in [5.74, 6) is -1.65. The summed E-state index contributed by atoms with van der Waals surface area (Å²) in [5.41, 5.74) is 0.414. The second-order valence-electron chi connectivity index (χ2n) is 13.7. The molecule has 0 aliphatic rings. The first-order valence-electron chi connectivity index (χ1n) is 17.9. The average Bonchev–Trinajstić information content (AvgIpc) is 3.10. The number of rotatable bonds is 32. The first kappa shape index (κ1) is 49.3. The van der Waals surface area contributed by atoms with Crippen LogP contribution >= 0.6 is 0 Å². The third-order valence-corrected chi connectivity index (χ3v) is 7.82. The summed E-state index contributed by atoms with van der Waals surface area (Å²) in [6, 6.07) is -0.279. The number of nitrogens with one attached hydrogen (secondary N) is 3. The van der Waals surface area contributed by atoms with Crippen molar-refractivity contribution in [2.24, 2.45) is 5.41 Å². The highest BCUT2D eigenvalue weighted by atomic mass is 16.6. The van der Waals surface area contributed by atoms with E-state index in [0.29, 0.717) is 46.1 Å². The Morgan fingerprint density at radius 1 is 0.577 bits per heavy atom. The van der Waals surface area contributed by atoms with E-state index in [-0.39, 0.29) is 79.7 Å². The van der Waals surface area contributed by atoms with Crippen molar-refractivity contribution in [2.45, 2.75) is 97.7 Å². The van der Waals surface area contributed by atoms with Gasteiger partial charge in [-0.25, -0.2) is 14.4 Å². The van der Waals surface area contributed by atoms with E-state index >= 15 is 0 Å². The van der Waals surface area contributed by atoms with Crippen LogP contribution in [0.25, 0.3) is 0 Å². The largest absolute Gasteiger partial charge is 0.460 e. The summed E-state index contributed by atoms with van der Waals surface area (Å²) in [7, 11) is 0. The second-order valence-corrected chi connectivity index (χ2v) is 13.7. The van der Waals surface area contributed by atoms with Gasteiger partial charge in [-0.1, -0.05) is 26.7 Å². The molecule has 6 atom stereocenters. The molecule has 6 unspecified atom stereocenters. The molecule has 0 amide bonds. The minimum absolute atomic E-state index is 0.0757. The maximum absolute atomic E-state index is 11.6. The van der Waals surface area contributed by atoms with E-state index in [2.05, 4.69) is 42.6 Å². The molecule has 0 saturated heterocycles. The van der Waals surface area contributed by atoms with Crippen LogP contribution in [0.2, 0.25) is 0 Å². The number of esters is 3. The molecular weight excluding hydrogens is 678 g/mol. The maximum Gasteiger partial charge on any atom is 0.333 e. The minimum atomic E-state index is -0.881. The highest BCUT2D eigenvalue weighted by Crippen LogP contribution is 2.28. The molecule has 0 rings (SSSR count). The minimum Gasteiger partial charge on any atom is -0.460 e. The summed E-state index contributed by atoms with van der Waals surface area (Å²) in [5, 5.41) is 40.0. The molecule has 302 valence electrons. The molecule has 6 N–H and O–H groups in total. The first-order chi connectivity index (χ1) is 24.4. The normalized spacial score (nSPS) is 16.0. The molecular formula is C37H67N3O12. The lowest BCUT2D eigenvalue weighted by Crippen LogP contribution is -2.42. The zero-order chi connectivity index (χ0) is 39.7. The van der Waals surface area contributed by atoms with Gasteiger partial charge in [-0.3, -0.25) is 0 Å². The molecule has 0 aliphatic heterocycles. The van der Waals surface area contributed by atoms with Crippen LogP contribution < -0.4 is 16.0 Å². The Labute approximate surface area is 310 Å². The summed E-state index contributed by atoms with van der Waals surface area (Å²) in [4.78, 5) is 34.7. The fourth-order valence-electron chi connectivity index (χ4n) is 4.27. The lowest BCUT2D eigenvalue weighted by Gasteiger charge is -2.33. The highest BCUT2D eigenvalue weighted by Gasteiger charge is 2.30. The number of ether oxygens (including phenoxy) is 6. The Morgan fingerprint density at radius 2 is 0.885 bits per heavy atom. The quantitative estimate of drug-likeness (QED) is 0.0248. The molecule has 15 heteroatoms. The fraction of sp³-hybridized carbons (Fsp3) is 0.757. The van der Waals surface area contributed by atoms with E-state index in [4.69, 9.17) is 28.4 Å². The van der Waals surface area contributed by atoms with Crippen molar-refractivity contribution in [2.75, 3.05) is 79.1 Å². The van der Waals surface area contributed by atoms with Crippen molar-refractivity contribution in [1.82, 2.24) is 16.0 Å². The molecule has 0 spiro atoms. The first-order valence-corrected chi connectivity index (χ1v) is 17.9. The van der Waals surface area contributed by atoms with Gasteiger partial charge >= 0.3 is 17.9 Å².